The lowest BCUT2D eigenvalue weighted by molar-refractivity contribution is 0.101. The Kier molecular flexibility index (Phi) is 4.80. The molecule has 0 radical (unpaired) electrons. The van der Waals surface area contributed by atoms with E-state index in [4.69, 9.17) is 4.74 Å². The zero-order valence-corrected chi connectivity index (χ0v) is 13.6. The van der Waals surface area contributed by atoms with Crippen LogP contribution >= 0.6 is 15.9 Å². The molecular weight excluding hydrogens is 356 g/mol. The SMILES string of the molecule is COc1ccccc1C(=O)CS(=O)(=O)c1cccc(Br)c1. The van der Waals surface area contributed by atoms with Gasteiger partial charge in [0.15, 0.2) is 15.6 Å². The molecule has 0 N–H and O–H groups in total. The molecule has 0 saturated carbocycles. The summed E-state index contributed by atoms with van der Waals surface area (Å²) in [5.74, 6) is -0.719. The fourth-order valence-corrected chi connectivity index (χ4v) is 3.68. The van der Waals surface area contributed by atoms with Crippen molar-refractivity contribution in [1.82, 2.24) is 0 Å². The van der Waals surface area contributed by atoms with Crippen molar-refractivity contribution in [3.05, 3.63) is 58.6 Å². The topological polar surface area (TPSA) is 60.4 Å². The van der Waals surface area contributed by atoms with E-state index in [1.165, 1.54) is 19.2 Å². The van der Waals surface area contributed by atoms with Crippen LogP contribution in [0.3, 0.4) is 0 Å². The Morgan fingerprint density at radius 3 is 2.52 bits per heavy atom. The zero-order chi connectivity index (χ0) is 15.5. The van der Waals surface area contributed by atoms with E-state index in [2.05, 4.69) is 15.9 Å². The maximum atomic E-state index is 12.3. The van der Waals surface area contributed by atoms with Crippen molar-refractivity contribution in [2.45, 2.75) is 4.90 Å². The highest BCUT2D eigenvalue weighted by molar-refractivity contribution is 9.10. The van der Waals surface area contributed by atoms with Crippen molar-refractivity contribution in [3.63, 3.8) is 0 Å². The third-order valence-corrected chi connectivity index (χ3v) is 4.99. The summed E-state index contributed by atoms with van der Waals surface area (Å²) in [6.07, 6.45) is 0. The second kappa shape index (κ2) is 6.41. The van der Waals surface area contributed by atoms with Gasteiger partial charge in [-0.3, -0.25) is 4.79 Å². The molecule has 0 amide bonds. The van der Waals surface area contributed by atoms with Gasteiger partial charge in [0.1, 0.15) is 11.5 Å². The van der Waals surface area contributed by atoms with E-state index >= 15 is 0 Å². The van der Waals surface area contributed by atoms with Crippen LogP contribution in [0.4, 0.5) is 0 Å². The molecule has 0 bridgehead atoms. The third-order valence-electron chi connectivity index (χ3n) is 2.88. The van der Waals surface area contributed by atoms with Gasteiger partial charge in [-0.15, -0.1) is 0 Å². The summed E-state index contributed by atoms with van der Waals surface area (Å²) in [5, 5.41) is 0. The molecule has 0 aliphatic carbocycles. The van der Waals surface area contributed by atoms with Gasteiger partial charge in [0.05, 0.1) is 17.6 Å². The average Bonchev–Trinajstić information content (AvgIpc) is 2.46. The number of ether oxygens (including phenoxy) is 1. The second-order valence-electron chi connectivity index (χ2n) is 4.34. The highest BCUT2D eigenvalue weighted by atomic mass is 79.9. The molecule has 0 spiro atoms. The van der Waals surface area contributed by atoms with Crippen LogP contribution in [0.25, 0.3) is 0 Å². The van der Waals surface area contributed by atoms with Crippen molar-refractivity contribution >= 4 is 31.6 Å². The number of carbonyl (C=O) groups is 1. The van der Waals surface area contributed by atoms with Crippen LogP contribution in [0, 0.1) is 0 Å². The number of hydrogen-bond acceptors (Lipinski definition) is 4. The molecule has 0 fully saturated rings. The quantitative estimate of drug-likeness (QED) is 0.760. The third kappa shape index (κ3) is 3.71. The van der Waals surface area contributed by atoms with Crippen LogP contribution < -0.4 is 4.74 Å². The summed E-state index contributed by atoms with van der Waals surface area (Å²) in [5.41, 5.74) is 0.263. The molecule has 0 atom stereocenters. The van der Waals surface area contributed by atoms with Crippen LogP contribution in [0.15, 0.2) is 57.9 Å². The van der Waals surface area contributed by atoms with Crippen molar-refractivity contribution in [1.29, 1.82) is 0 Å². The molecule has 0 unspecified atom stereocenters. The number of methoxy groups -OCH3 is 1. The fourth-order valence-electron chi connectivity index (χ4n) is 1.87. The van der Waals surface area contributed by atoms with Gasteiger partial charge in [0.2, 0.25) is 0 Å². The minimum absolute atomic E-state index is 0.111. The van der Waals surface area contributed by atoms with Gasteiger partial charge >= 0.3 is 0 Å². The Hall–Kier alpha value is -1.66. The molecule has 110 valence electrons. The first-order valence-electron chi connectivity index (χ1n) is 6.08. The first-order valence-corrected chi connectivity index (χ1v) is 8.53. The van der Waals surface area contributed by atoms with E-state index in [-0.39, 0.29) is 10.5 Å². The van der Waals surface area contributed by atoms with Gasteiger partial charge in [-0.25, -0.2) is 8.42 Å². The van der Waals surface area contributed by atoms with Gasteiger partial charge in [0.25, 0.3) is 0 Å². The number of ketones is 1. The summed E-state index contributed by atoms with van der Waals surface area (Å²) in [7, 11) is -2.25. The Balaban J connectivity index is 2.30. The summed E-state index contributed by atoms with van der Waals surface area (Å²) < 4.78 is 30.3. The molecule has 6 heteroatoms. The molecule has 0 aliphatic rings. The first kappa shape index (κ1) is 15.7. The molecular formula is C15H13BrO4S. The Morgan fingerprint density at radius 2 is 1.86 bits per heavy atom. The monoisotopic (exact) mass is 368 g/mol. The highest BCUT2D eigenvalue weighted by Gasteiger charge is 2.22. The maximum Gasteiger partial charge on any atom is 0.185 e. The van der Waals surface area contributed by atoms with E-state index < -0.39 is 21.4 Å². The molecule has 0 aromatic heterocycles. The van der Waals surface area contributed by atoms with Crippen molar-refractivity contribution < 1.29 is 17.9 Å². The molecule has 2 rings (SSSR count). The number of sulfone groups is 1. The first-order chi connectivity index (χ1) is 9.94. The van der Waals surface area contributed by atoms with Crippen LogP contribution in [0.1, 0.15) is 10.4 Å². The molecule has 0 aliphatic heterocycles. The summed E-state index contributed by atoms with van der Waals surface area (Å²) in [6.45, 7) is 0. The van der Waals surface area contributed by atoms with Gasteiger partial charge in [-0.05, 0) is 30.3 Å². The lowest BCUT2D eigenvalue weighted by Crippen LogP contribution is -2.17. The minimum atomic E-state index is -3.69. The summed E-state index contributed by atoms with van der Waals surface area (Å²) >= 11 is 3.22. The standard InChI is InChI=1S/C15H13BrO4S/c1-20-15-8-3-2-7-13(15)14(17)10-21(18,19)12-6-4-5-11(16)9-12/h2-9H,10H2,1H3. The number of benzene rings is 2. The van der Waals surface area contributed by atoms with E-state index in [0.717, 1.165) is 0 Å². The van der Waals surface area contributed by atoms with Crippen LogP contribution in [0.5, 0.6) is 5.75 Å². The fraction of sp³-hybridized carbons (Fsp3) is 0.133. The number of carbonyl (C=O) groups excluding carboxylic acids is 1. The van der Waals surface area contributed by atoms with Crippen molar-refractivity contribution in [3.8, 4) is 5.75 Å². The summed E-state index contributed by atoms with van der Waals surface area (Å²) in [4.78, 5) is 12.3. The number of halogens is 1. The van der Waals surface area contributed by atoms with Crippen LogP contribution in [-0.2, 0) is 9.84 Å². The lowest BCUT2D eigenvalue weighted by atomic mass is 10.1. The Bertz CT molecular complexity index is 769. The predicted octanol–water partition coefficient (Wildman–Crippen LogP) is 3.11. The predicted molar refractivity (Wildman–Crippen MR) is 83.5 cm³/mol. The van der Waals surface area contributed by atoms with Crippen molar-refractivity contribution in [2.75, 3.05) is 12.9 Å². The normalized spacial score (nSPS) is 11.1. The zero-order valence-electron chi connectivity index (χ0n) is 11.2. The van der Waals surface area contributed by atoms with Gasteiger partial charge < -0.3 is 4.74 Å². The number of Topliss-reactive ketones (excluding diaryl/α,β-unsaturated/α-hetero) is 1. The van der Waals surface area contributed by atoms with E-state index in [0.29, 0.717) is 10.2 Å². The number of para-hydroxylation sites is 1. The van der Waals surface area contributed by atoms with Gasteiger partial charge in [-0.1, -0.05) is 34.1 Å². The summed E-state index contributed by atoms with van der Waals surface area (Å²) in [6, 6.07) is 12.8. The molecule has 0 saturated heterocycles. The lowest BCUT2D eigenvalue weighted by Gasteiger charge is -2.08. The molecule has 2 aromatic rings. The second-order valence-corrected chi connectivity index (χ2v) is 7.25. The molecule has 4 nitrogen and oxygen atoms in total. The average molecular weight is 369 g/mol. The maximum absolute atomic E-state index is 12.3. The van der Waals surface area contributed by atoms with Crippen LogP contribution in [0.2, 0.25) is 0 Å². The molecule has 2 aromatic carbocycles. The molecule has 21 heavy (non-hydrogen) atoms. The molecule has 0 heterocycles. The van der Waals surface area contributed by atoms with Crippen molar-refractivity contribution in [2.24, 2.45) is 0 Å². The van der Waals surface area contributed by atoms with Gasteiger partial charge in [0, 0.05) is 4.47 Å². The van der Waals surface area contributed by atoms with Gasteiger partial charge in [-0.2, -0.15) is 0 Å². The smallest absolute Gasteiger partial charge is 0.185 e. The number of hydrogen-bond donors (Lipinski definition) is 0. The van der Waals surface area contributed by atoms with E-state index in [1.54, 1.807) is 36.4 Å². The largest absolute Gasteiger partial charge is 0.496 e. The number of rotatable bonds is 5. The van der Waals surface area contributed by atoms with E-state index in [1.807, 2.05) is 0 Å². The van der Waals surface area contributed by atoms with Crippen LogP contribution in [-0.4, -0.2) is 27.1 Å². The minimum Gasteiger partial charge on any atom is -0.496 e. The Morgan fingerprint density at radius 1 is 1.14 bits per heavy atom. The highest BCUT2D eigenvalue weighted by Crippen LogP contribution is 2.21. The Labute approximate surface area is 131 Å². The van der Waals surface area contributed by atoms with E-state index in [9.17, 15) is 13.2 Å².